The molecule has 0 aliphatic heterocycles. The zero-order chi connectivity index (χ0) is 17.6. The molecule has 0 aliphatic rings. The Hall–Kier alpha value is -2.73. The monoisotopic (exact) mass is 358 g/mol. The van der Waals surface area contributed by atoms with E-state index in [0.717, 1.165) is 11.1 Å². The molecule has 1 N–H and O–H groups in total. The van der Waals surface area contributed by atoms with Gasteiger partial charge in [-0.05, 0) is 41.8 Å². The minimum Gasteiger partial charge on any atom is -0.308 e. The molecule has 1 heterocycles. The SMILES string of the molecule is O=C(CCc1cccc(Cl)c1)Nc1cn(Cc2ccc(F)cc2)nn1. The van der Waals surface area contributed by atoms with Gasteiger partial charge < -0.3 is 5.32 Å². The van der Waals surface area contributed by atoms with Gasteiger partial charge in [-0.25, -0.2) is 9.07 Å². The molecular formula is C18H16ClFN4O. The number of benzene rings is 2. The maximum absolute atomic E-state index is 12.9. The first-order valence-electron chi connectivity index (χ1n) is 7.77. The molecule has 0 saturated heterocycles. The molecule has 128 valence electrons. The van der Waals surface area contributed by atoms with Crippen molar-refractivity contribution >= 4 is 23.3 Å². The zero-order valence-electron chi connectivity index (χ0n) is 13.3. The number of hydrogen-bond acceptors (Lipinski definition) is 3. The highest BCUT2D eigenvalue weighted by atomic mass is 35.5. The van der Waals surface area contributed by atoms with Gasteiger partial charge in [-0.1, -0.05) is 41.1 Å². The number of nitrogens with zero attached hydrogens (tertiary/aromatic N) is 3. The summed E-state index contributed by atoms with van der Waals surface area (Å²) < 4.78 is 14.5. The molecule has 3 rings (SSSR count). The average molecular weight is 359 g/mol. The molecule has 0 spiro atoms. The van der Waals surface area contributed by atoms with Crippen molar-refractivity contribution in [1.82, 2.24) is 15.0 Å². The second-order valence-electron chi connectivity index (χ2n) is 5.61. The Morgan fingerprint density at radius 3 is 2.72 bits per heavy atom. The quantitative estimate of drug-likeness (QED) is 0.731. The molecule has 0 bridgehead atoms. The van der Waals surface area contributed by atoms with Crippen LogP contribution in [0.15, 0.2) is 54.7 Å². The number of carbonyl (C=O) groups is 1. The average Bonchev–Trinajstić information content (AvgIpc) is 3.02. The summed E-state index contributed by atoms with van der Waals surface area (Å²) in [5, 5.41) is 11.3. The molecule has 0 unspecified atom stereocenters. The van der Waals surface area contributed by atoms with Gasteiger partial charge in [0.15, 0.2) is 5.82 Å². The standard InChI is InChI=1S/C18H16ClFN4O/c19-15-3-1-2-13(10-15)6-9-18(25)21-17-12-24(23-22-17)11-14-4-7-16(20)8-5-14/h1-5,7-8,10,12H,6,9,11H2,(H,21,25). The van der Waals surface area contributed by atoms with Crippen molar-refractivity contribution in [3.05, 3.63) is 76.7 Å². The van der Waals surface area contributed by atoms with Crippen molar-refractivity contribution in [3.63, 3.8) is 0 Å². The van der Waals surface area contributed by atoms with Gasteiger partial charge in [-0.15, -0.1) is 5.10 Å². The van der Waals surface area contributed by atoms with Crippen LogP contribution < -0.4 is 5.32 Å². The summed E-state index contributed by atoms with van der Waals surface area (Å²) in [4.78, 5) is 12.0. The zero-order valence-corrected chi connectivity index (χ0v) is 14.1. The maximum atomic E-state index is 12.9. The van der Waals surface area contributed by atoms with E-state index in [1.54, 1.807) is 29.1 Å². The third-order valence-electron chi connectivity index (χ3n) is 3.59. The fourth-order valence-electron chi connectivity index (χ4n) is 2.37. The van der Waals surface area contributed by atoms with Crippen molar-refractivity contribution in [2.24, 2.45) is 0 Å². The van der Waals surface area contributed by atoms with Crippen LogP contribution in [0, 0.1) is 5.82 Å². The predicted molar refractivity (Wildman–Crippen MR) is 93.9 cm³/mol. The topological polar surface area (TPSA) is 59.8 Å². The highest BCUT2D eigenvalue weighted by Gasteiger charge is 2.07. The number of halogens is 2. The second kappa shape index (κ2) is 7.90. The summed E-state index contributed by atoms with van der Waals surface area (Å²) in [5.41, 5.74) is 1.90. The van der Waals surface area contributed by atoms with Crippen LogP contribution in [0.1, 0.15) is 17.5 Å². The Labute approximate surface area is 149 Å². The largest absolute Gasteiger partial charge is 0.308 e. The Bertz CT molecular complexity index is 864. The molecule has 25 heavy (non-hydrogen) atoms. The normalized spacial score (nSPS) is 10.6. The molecular weight excluding hydrogens is 343 g/mol. The Kier molecular flexibility index (Phi) is 5.40. The molecule has 1 aromatic heterocycles. The number of aryl methyl sites for hydroxylation is 1. The van der Waals surface area contributed by atoms with Crippen molar-refractivity contribution in [2.45, 2.75) is 19.4 Å². The number of aromatic nitrogens is 3. The summed E-state index contributed by atoms with van der Waals surface area (Å²) in [6, 6.07) is 13.6. The van der Waals surface area contributed by atoms with Gasteiger partial charge in [0.25, 0.3) is 0 Å². The Morgan fingerprint density at radius 2 is 1.96 bits per heavy atom. The van der Waals surface area contributed by atoms with Gasteiger partial charge in [-0.2, -0.15) is 0 Å². The lowest BCUT2D eigenvalue weighted by Gasteiger charge is -2.03. The molecule has 3 aromatic rings. The lowest BCUT2D eigenvalue weighted by molar-refractivity contribution is -0.116. The number of carbonyl (C=O) groups excluding carboxylic acids is 1. The van der Waals surface area contributed by atoms with Gasteiger partial charge in [0.1, 0.15) is 5.82 Å². The fraction of sp³-hybridized carbons (Fsp3) is 0.167. The predicted octanol–water partition coefficient (Wildman–Crippen LogP) is 3.69. The summed E-state index contributed by atoms with van der Waals surface area (Å²) in [7, 11) is 0. The highest BCUT2D eigenvalue weighted by Crippen LogP contribution is 2.13. The van der Waals surface area contributed by atoms with Crippen LogP contribution in [-0.4, -0.2) is 20.9 Å². The van der Waals surface area contributed by atoms with E-state index in [-0.39, 0.29) is 11.7 Å². The van der Waals surface area contributed by atoms with E-state index < -0.39 is 0 Å². The molecule has 5 nitrogen and oxygen atoms in total. The van der Waals surface area contributed by atoms with E-state index in [1.165, 1.54) is 12.1 Å². The van der Waals surface area contributed by atoms with Gasteiger partial charge in [0.05, 0.1) is 12.7 Å². The molecule has 0 saturated carbocycles. The Morgan fingerprint density at radius 1 is 1.16 bits per heavy atom. The van der Waals surface area contributed by atoms with E-state index in [2.05, 4.69) is 15.6 Å². The summed E-state index contributed by atoms with van der Waals surface area (Å²) in [6.45, 7) is 0.450. The van der Waals surface area contributed by atoms with Gasteiger partial charge in [-0.3, -0.25) is 4.79 Å². The third kappa shape index (κ3) is 5.12. The summed E-state index contributed by atoms with van der Waals surface area (Å²) in [6.07, 6.45) is 2.56. The van der Waals surface area contributed by atoms with Crippen molar-refractivity contribution in [3.8, 4) is 0 Å². The first kappa shape index (κ1) is 17.1. The second-order valence-corrected chi connectivity index (χ2v) is 6.04. The van der Waals surface area contributed by atoms with Gasteiger partial charge in [0.2, 0.25) is 5.91 Å². The number of rotatable bonds is 6. The number of nitrogens with one attached hydrogen (secondary N) is 1. The molecule has 0 atom stereocenters. The van der Waals surface area contributed by atoms with Crippen molar-refractivity contribution in [1.29, 1.82) is 0 Å². The van der Waals surface area contributed by atoms with Crippen LogP contribution in [0.3, 0.4) is 0 Å². The Balaban J connectivity index is 1.52. The lowest BCUT2D eigenvalue weighted by Crippen LogP contribution is -2.12. The summed E-state index contributed by atoms with van der Waals surface area (Å²) >= 11 is 5.93. The van der Waals surface area contributed by atoms with E-state index in [1.807, 2.05) is 18.2 Å². The molecule has 0 fully saturated rings. The van der Waals surface area contributed by atoms with Crippen molar-refractivity contribution < 1.29 is 9.18 Å². The molecule has 7 heteroatoms. The first-order chi connectivity index (χ1) is 12.1. The van der Waals surface area contributed by atoms with Crippen LogP contribution in [-0.2, 0) is 17.8 Å². The summed E-state index contributed by atoms with van der Waals surface area (Å²) in [5.74, 6) is -0.0398. The minimum absolute atomic E-state index is 0.145. The van der Waals surface area contributed by atoms with Crippen LogP contribution in [0.25, 0.3) is 0 Å². The van der Waals surface area contributed by atoms with Crippen LogP contribution in [0.5, 0.6) is 0 Å². The lowest BCUT2D eigenvalue weighted by atomic mass is 10.1. The molecule has 0 radical (unpaired) electrons. The fourth-order valence-corrected chi connectivity index (χ4v) is 2.58. The smallest absolute Gasteiger partial charge is 0.225 e. The van der Waals surface area contributed by atoms with Crippen molar-refractivity contribution in [2.75, 3.05) is 5.32 Å². The van der Waals surface area contributed by atoms with E-state index >= 15 is 0 Å². The molecule has 0 aliphatic carbocycles. The van der Waals surface area contributed by atoms with E-state index in [0.29, 0.717) is 30.2 Å². The molecule has 2 aromatic carbocycles. The minimum atomic E-state index is -0.282. The van der Waals surface area contributed by atoms with E-state index in [9.17, 15) is 9.18 Å². The van der Waals surface area contributed by atoms with Crippen LogP contribution in [0.2, 0.25) is 5.02 Å². The molecule has 1 amide bonds. The van der Waals surface area contributed by atoms with Crippen LogP contribution in [0.4, 0.5) is 10.2 Å². The van der Waals surface area contributed by atoms with Crippen LogP contribution >= 0.6 is 11.6 Å². The van der Waals surface area contributed by atoms with E-state index in [4.69, 9.17) is 11.6 Å². The number of anilines is 1. The third-order valence-corrected chi connectivity index (χ3v) is 3.83. The maximum Gasteiger partial charge on any atom is 0.225 e. The number of hydrogen-bond donors (Lipinski definition) is 1. The number of amides is 1. The highest BCUT2D eigenvalue weighted by molar-refractivity contribution is 6.30. The first-order valence-corrected chi connectivity index (χ1v) is 8.15. The van der Waals surface area contributed by atoms with Gasteiger partial charge >= 0.3 is 0 Å². The van der Waals surface area contributed by atoms with Gasteiger partial charge in [0, 0.05) is 11.4 Å².